The number of carbonyl (C=O) groups excluding carboxylic acids is 1. The second-order valence-electron chi connectivity index (χ2n) is 5.62. The monoisotopic (exact) mass is 273 g/mol. The van der Waals surface area contributed by atoms with Crippen molar-refractivity contribution in [3.63, 3.8) is 0 Å². The number of carbonyl (C=O) groups is 1. The van der Waals surface area contributed by atoms with Crippen molar-refractivity contribution in [3.8, 4) is 11.6 Å². The average Bonchev–Trinajstić information content (AvgIpc) is 3.31. The number of hydrogen-bond donors (Lipinski definition) is 1. The highest BCUT2D eigenvalue weighted by Gasteiger charge is 2.51. The Kier molecular flexibility index (Phi) is 2.42. The van der Waals surface area contributed by atoms with Gasteiger partial charge >= 0.3 is 6.01 Å². The van der Waals surface area contributed by atoms with Crippen molar-refractivity contribution < 1.29 is 9.32 Å². The molecule has 2 aliphatic carbocycles. The molecule has 1 N–H and O–H groups in total. The first kappa shape index (κ1) is 11.6. The molecule has 0 unspecified atom stereocenters. The number of nitrogens with one attached hydrogen (secondary N) is 1. The van der Waals surface area contributed by atoms with Crippen molar-refractivity contribution >= 4 is 11.9 Å². The normalized spacial score (nSPS) is 24.6. The van der Waals surface area contributed by atoms with Crippen molar-refractivity contribution in [1.29, 1.82) is 0 Å². The lowest BCUT2D eigenvalue weighted by molar-refractivity contribution is -0.117. The number of imidazole rings is 1. The van der Waals surface area contributed by atoms with Gasteiger partial charge in [-0.2, -0.15) is 4.98 Å². The summed E-state index contributed by atoms with van der Waals surface area (Å²) in [5.41, 5.74) is 0. The van der Waals surface area contributed by atoms with Gasteiger partial charge < -0.3 is 9.09 Å². The van der Waals surface area contributed by atoms with E-state index in [9.17, 15) is 4.79 Å². The highest BCUT2D eigenvalue weighted by molar-refractivity contribution is 5.92. The summed E-state index contributed by atoms with van der Waals surface area (Å²) in [4.78, 5) is 20.3. The second kappa shape index (κ2) is 4.16. The van der Waals surface area contributed by atoms with Gasteiger partial charge in [-0.1, -0.05) is 5.16 Å². The van der Waals surface area contributed by atoms with Gasteiger partial charge in [-0.05, 0) is 31.1 Å². The number of anilines is 1. The van der Waals surface area contributed by atoms with Gasteiger partial charge in [-0.25, -0.2) is 4.98 Å². The maximum Gasteiger partial charge on any atom is 0.328 e. The van der Waals surface area contributed by atoms with E-state index >= 15 is 0 Å². The quantitative estimate of drug-likeness (QED) is 0.911. The van der Waals surface area contributed by atoms with E-state index in [0.717, 1.165) is 12.3 Å². The predicted octanol–water partition coefficient (Wildman–Crippen LogP) is 1.45. The Morgan fingerprint density at radius 3 is 3.05 bits per heavy atom. The Morgan fingerprint density at radius 1 is 1.50 bits per heavy atom. The Balaban J connectivity index is 1.43. The van der Waals surface area contributed by atoms with Crippen LogP contribution in [0.3, 0.4) is 0 Å². The van der Waals surface area contributed by atoms with Gasteiger partial charge in [0.25, 0.3) is 0 Å². The fraction of sp³-hybridized carbons (Fsp3) is 0.538. The van der Waals surface area contributed by atoms with Gasteiger partial charge in [0.15, 0.2) is 5.82 Å². The molecule has 2 fully saturated rings. The summed E-state index contributed by atoms with van der Waals surface area (Å²) >= 11 is 0. The van der Waals surface area contributed by atoms with Gasteiger partial charge in [0.2, 0.25) is 11.7 Å². The Morgan fingerprint density at radius 2 is 2.35 bits per heavy atom. The number of rotatable bonds is 4. The third kappa shape index (κ3) is 1.99. The third-order valence-electron chi connectivity index (χ3n) is 4.08. The molecule has 2 aromatic rings. The van der Waals surface area contributed by atoms with Crippen LogP contribution in [0, 0.1) is 17.8 Å². The summed E-state index contributed by atoms with van der Waals surface area (Å²) in [6.45, 7) is 0. The summed E-state index contributed by atoms with van der Waals surface area (Å²) in [6.07, 6.45) is 7.01. The molecule has 7 nitrogen and oxygen atoms in total. The molecule has 20 heavy (non-hydrogen) atoms. The van der Waals surface area contributed by atoms with Crippen molar-refractivity contribution in [2.24, 2.45) is 24.8 Å². The minimum atomic E-state index is -0.00283. The molecule has 104 valence electrons. The van der Waals surface area contributed by atoms with Crippen LogP contribution in [0.15, 0.2) is 16.9 Å². The highest BCUT2D eigenvalue weighted by Crippen LogP contribution is 2.54. The van der Waals surface area contributed by atoms with Crippen LogP contribution in [0.4, 0.5) is 6.01 Å². The van der Waals surface area contributed by atoms with E-state index < -0.39 is 0 Å². The molecule has 0 saturated heterocycles. The minimum Gasteiger partial charge on any atom is -0.331 e. The van der Waals surface area contributed by atoms with Crippen molar-refractivity contribution in [2.75, 3.05) is 5.32 Å². The van der Waals surface area contributed by atoms with Gasteiger partial charge in [0, 0.05) is 25.4 Å². The number of nitrogens with zero attached hydrogens (tertiary/aromatic N) is 4. The second-order valence-corrected chi connectivity index (χ2v) is 5.62. The Labute approximate surface area is 115 Å². The molecule has 2 aliphatic rings. The summed E-state index contributed by atoms with van der Waals surface area (Å²) < 4.78 is 6.85. The third-order valence-corrected chi connectivity index (χ3v) is 4.08. The molecular formula is C13H15N5O2. The average molecular weight is 273 g/mol. The topological polar surface area (TPSA) is 85.8 Å². The molecule has 0 radical (unpaired) electrons. The van der Waals surface area contributed by atoms with Gasteiger partial charge in [-0.3, -0.25) is 10.1 Å². The molecule has 0 aromatic carbocycles. The van der Waals surface area contributed by atoms with E-state index in [1.807, 2.05) is 7.05 Å². The molecule has 0 aliphatic heterocycles. The lowest BCUT2D eigenvalue weighted by Gasteiger charge is -1.98. The molecular weight excluding hydrogens is 258 g/mol. The molecule has 2 heterocycles. The smallest absolute Gasteiger partial charge is 0.328 e. The number of amides is 1. The van der Waals surface area contributed by atoms with E-state index in [1.165, 1.54) is 12.8 Å². The van der Waals surface area contributed by atoms with E-state index in [4.69, 9.17) is 4.52 Å². The van der Waals surface area contributed by atoms with Crippen molar-refractivity contribution in [2.45, 2.75) is 19.3 Å². The maximum absolute atomic E-state index is 12.0. The SMILES string of the molecule is Cn1ccnc1-c1noc(NC(=O)[C@@H]2C[C@H]2C2CC2)n1. The largest absolute Gasteiger partial charge is 0.331 e. The van der Waals surface area contributed by atoms with Gasteiger partial charge in [-0.15, -0.1) is 0 Å². The van der Waals surface area contributed by atoms with E-state index in [-0.39, 0.29) is 17.8 Å². The van der Waals surface area contributed by atoms with Crippen molar-refractivity contribution in [1.82, 2.24) is 19.7 Å². The van der Waals surface area contributed by atoms with Crippen LogP contribution in [0.5, 0.6) is 0 Å². The first-order valence-electron chi connectivity index (χ1n) is 6.84. The zero-order valence-electron chi connectivity index (χ0n) is 11.1. The lowest BCUT2D eigenvalue weighted by atomic mass is 10.2. The zero-order valence-corrected chi connectivity index (χ0v) is 11.1. The summed E-state index contributed by atoms with van der Waals surface area (Å²) in [5.74, 6) is 2.46. The van der Waals surface area contributed by atoms with E-state index in [0.29, 0.717) is 17.6 Å². The van der Waals surface area contributed by atoms with Crippen LogP contribution in [0.1, 0.15) is 19.3 Å². The van der Waals surface area contributed by atoms with Crippen LogP contribution in [0.25, 0.3) is 11.6 Å². The molecule has 7 heteroatoms. The summed E-state index contributed by atoms with van der Waals surface area (Å²) in [6, 6.07) is 0.148. The summed E-state index contributed by atoms with van der Waals surface area (Å²) in [5, 5.41) is 6.54. The van der Waals surface area contributed by atoms with Crippen LogP contribution in [-0.4, -0.2) is 25.6 Å². The minimum absolute atomic E-state index is 0.00283. The van der Waals surface area contributed by atoms with Crippen LogP contribution >= 0.6 is 0 Å². The molecule has 2 aromatic heterocycles. The Hall–Kier alpha value is -2.18. The number of hydrogen-bond acceptors (Lipinski definition) is 5. The molecule has 1 amide bonds. The standard InChI is InChI=1S/C13H15N5O2/c1-18-5-4-14-11(18)10-15-13(20-17-10)16-12(19)9-6-8(9)7-2-3-7/h4-5,7-9H,2-3,6H2,1H3,(H,15,16,17,19)/t8-,9+/m0/s1. The first-order chi connectivity index (χ1) is 9.72. The zero-order chi connectivity index (χ0) is 13.7. The summed E-state index contributed by atoms with van der Waals surface area (Å²) in [7, 11) is 1.85. The van der Waals surface area contributed by atoms with E-state index in [2.05, 4.69) is 20.4 Å². The van der Waals surface area contributed by atoms with Crippen molar-refractivity contribution in [3.05, 3.63) is 12.4 Å². The maximum atomic E-state index is 12.0. The van der Waals surface area contributed by atoms with Crippen LogP contribution < -0.4 is 5.32 Å². The number of aryl methyl sites for hydroxylation is 1. The first-order valence-corrected chi connectivity index (χ1v) is 6.84. The molecule has 0 spiro atoms. The molecule has 2 atom stereocenters. The molecule has 4 rings (SSSR count). The van der Waals surface area contributed by atoms with Crippen LogP contribution in [-0.2, 0) is 11.8 Å². The van der Waals surface area contributed by atoms with E-state index in [1.54, 1.807) is 17.0 Å². The van der Waals surface area contributed by atoms with Gasteiger partial charge in [0.1, 0.15) is 0 Å². The molecule has 0 bridgehead atoms. The van der Waals surface area contributed by atoms with Crippen LogP contribution in [0.2, 0.25) is 0 Å². The number of aromatic nitrogens is 4. The fourth-order valence-electron chi connectivity index (χ4n) is 2.71. The van der Waals surface area contributed by atoms with Gasteiger partial charge in [0.05, 0.1) is 0 Å². The predicted molar refractivity (Wildman–Crippen MR) is 69.5 cm³/mol. The Bertz CT molecular complexity index is 657. The highest BCUT2D eigenvalue weighted by atomic mass is 16.5. The lowest BCUT2D eigenvalue weighted by Crippen LogP contribution is -2.15. The fourth-order valence-corrected chi connectivity index (χ4v) is 2.71. The molecule has 2 saturated carbocycles.